The second kappa shape index (κ2) is 12.3. The molecule has 2 N–H and O–H groups in total. The van der Waals surface area contributed by atoms with E-state index >= 15 is 0 Å². The third-order valence-electron chi connectivity index (χ3n) is 6.14. The standard InChI is InChI=1S/C27H40ClN5O6/c1-26(2,3)38-24(36)29-16-22(34)30-19-15-21(33(17-19)25(37)39-27(4,5)6)23(35)32-12-10-31(11-13-32)20-9-7-8-18(28)14-20/h7-9,14,19,21H,10-13,15-17H2,1-6H3,(H,29,36)(H,30,34)/t19?,21-/m0/s1. The molecule has 2 fully saturated rings. The maximum Gasteiger partial charge on any atom is 0.411 e. The zero-order valence-corrected chi connectivity index (χ0v) is 24.3. The number of halogens is 1. The zero-order valence-electron chi connectivity index (χ0n) is 23.6. The van der Waals surface area contributed by atoms with E-state index in [4.69, 9.17) is 21.1 Å². The summed E-state index contributed by atoms with van der Waals surface area (Å²) in [7, 11) is 0. The number of piperazine rings is 1. The topological polar surface area (TPSA) is 121 Å². The van der Waals surface area contributed by atoms with Crippen molar-refractivity contribution in [3.8, 4) is 0 Å². The van der Waals surface area contributed by atoms with Gasteiger partial charge in [-0.15, -0.1) is 0 Å². The average Bonchev–Trinajstić information content (AvgIpc) is 3.24. The number of rotatable bonds is 5. The summed E-state index contributed by atoms with van der Waals surface area (Å²) in [6.45, 7) is 12.5. The largest absolute Gasteiger partial charge is 0.444 e. The normalized spacial score (nSPS) is 19.9. The highest BCUT2D eigenvalue weighted by Crippen LogP contribution is 2.25. The summed E-state index contributed by atoms with van der Waals surface area (Å²) in [6, 6.07) is 6.33. The van der Waals surface area contributed by atoms with Crippen molar-refractivity contribution in [2.45, 2.75) is 71.2 Å². The highest BCUT2D eigenvalue weighted by molar-refractivity contribution is 6.30. The molecule has 2 aliphatic heterocycles. The average molecular weight is 566 g/mol. The third-order valence-corrected chi connectivity index (χ3v) is 6.37. The van der Waals surface area contributed by atoms with Crippen LogP contribution >= 0.6 is 11.6 Å². The number of nitrogens with zero attached hydrogens (tertiary/aromatic N) is 3. The van der Waals surface area contributed by atoms with Gasteiger partial charge in [0.1, 0.15) is 23.8 Å². The quantitative estimate of drug-likeness (QED) is 0.563. The lowest BCUT2D eigenvalue weighted by Gasteiger charge is -2.38. The molecule has 0 spiro atoms. The minimum atomic E-state index is -0.776. The fourth-order valence-corrected chi connectivity index (χ4v) is 4.70. The molecule has 39 heavy (non-hydrogen) atoms. The first-order valence-electron chi connectivity index (χ1n) is 13.2. The van der Waals surface area contributed by atoms with Crippen molar-refractivity contribution in [3.05, 3.63) is 29.3 Å². The van der Waals surface area contributed by atoms with Crippen LogP contribution in [0.15, 0.2) is 24.3 Å². The Morgan fingerprint density at radius 2 is 1.62 bits per heavy atom. The van der Waals surface area contributed by atoms with E-state index in [1.807, 2.05) is 24.3 Å². The van der Waals surface area contributed by atoms with Gasteiger partial charge in [0.15, 0.2) is 0 Å². The Morgan fingerprint density at radius 1 is 0.974 bits per heavy atom. The van der Waals surface area contributed by atoms with Gasteiger partial charge >= 0.3 is 12.2 Å². The van der Waals surface area contributed by atoms with E-state index in [0.717, 1.165) is 5.69 Å². The number of nitrogens with one attached hydrogen (secondary N) is 2. The number of likely N-dealkylation sites (tertiary alicyclic amines) is 1. The van der Waals surface area contributed by atoms with Crippen molar-refractivity contribution in [1.29, 1.82) is 0 Å². The molecule has 0 aliphatic carbocycles. The molecule has 216 valence electrons. The molecule has 11 nitrogen and oxygen atoms in total. The predicted octanol–water partition coefficient (Wildman–Crippen LogP) is 3.01. The molecule has 12 heteroatoms. The van der Waals surface area contributed by atoms with Crippen LogP contribution in [0.4, 0.5) is 15.3 Å². The van der Waals surface area contributed by atoms with E-state index in [-0.39, 0.29) is 25.4 Å². The SMILES string of the molecule is CC(C)(C)OC(=O)NCC(=O)NC1C[C@@H](C(=O)N2CCN(c3cccc(Cl)c3)CC2)N(C(=O)OC(C)(C)C)C1. The Labute approximate surface area is 235 Å². The van der Waals surface area contributed by atoms with Crippen molar-refractivity contribution in [1.82, 2.24) is 20.4 Å². The van der Waals surface area contributed by atoms with Crippen molar-refractivity contribution in [3.63, 3.8) is 0 Å². The molecular formula is C27H40ClN5O6. The monoisotopic (exact) mass is 565 g/mol. The fourth-order valence-electron chi connectivity index (χ4n) is 4.51. The van der Waals surface area contributed by atoms with Crippen LogP contribution in [0.1, 0.15) is 48.0 Å². The first-order chi connectivity index (χ1) is 18.1. The Kier molecular flexibility index (Phi) is 9.58. The van der Waals surface area contributed by atoms with Crippen molar-refractivity contribution >= 4 is 41.3 Å². The molecular weight excluding hydrogens is 526 g/mol. The summed E-state index contributed by atoms with van der Waals surface area (Å²) in [5.41, 5.74) is -0.437. The molecule has 0 saturated carbocycles. The zero-order chi connectivity index (χ0) is 29.0. The summed E-state index contributed by atoms with van der Waals surface area (Å²) >= 11 is 6.13. The molecule has 0 aromatic heterocycles. The van der Waals surface area contributed by atoms with Crippen LogP contribution in [0.2, 0.25) is 5.02 Å². The molecule has 2 heterocycles. The number of hydrogen-bond donors (Lipinski definition) is 2. The molecule has 2 atom stereocenters. The lowest BCUT2D eigenvalue weighted by Crippen LogP contribution is -2.54. The summed E-state index contributed by atoms with van der Waals surface area (Å²) in [5.74, 6) is -0.631. The van der Waals surface area contributed by atoms with Crippen LogP contribution in [0.3, 0.4) is 0 Å². The second-order valence-corrected chi connectivity index (χ2v) is 12.2. The Hall–Kier alpha value is -3.21. The molecule has 1 aromatic carbocycles. The predicted molar refractivity (Wildman–Crippen MR) is 148 cm³/mol. The maximum absolute atomic E-state index is 13.6. The molecule has 1 unspecified atom stereocenters. The third kappa shape index (κ3) is 9.19. The number of amides is 4. The molecule has 2 aliphatic rings. The van der Waals surface area contributed by atoms with E-state index in [9.17, 15) is 19.2 Å². The highest BCUT2D eigenvalue weighted by atomic mass is 35.5. The molecule has 3 rings (SSSR count). The number of ether oxygens (including phenoxy) is 2. The number of anilines is 1. The molecule has 0 bridgehead atoms. The van der Waals surface area contributed by atoms with E-state index in [1.165, 1.54) is 4.90 Å². The van der Waals surface area contributed by atoms with Gasteiger partial charge in [-0.3, -0.25) is 14.5 Å². The van der Waals surface area contributed by atoms with Gasteiger partial charge in [0.25, 0.3) is 0 Å². The van der Waals surface area contributed by atoms with Gasteiger partial charge in [0.05, 0.1) is 0 Å². The number of benzene rings is 1. The number of carbonyl (C=O) groups excluding carboxylic acids is 4. The highest BCUT2D eigenvalue weighted by Gasteiger charge is 2.44. The van der Waals surface area contributed by atoms with Gasteiger partial charge in [0.2, 0.25) is 11.8 Å². The summed E-state index contributed by atoms with van der Waals surface area (Å²) in [5, 5.41) is 5.89. The van der Waals surface area contributed by atoms with E-state index < -0.39 is 41.4 Å². The van der Waals surface area contributed by atoms with Gasteiger partial charge in [-0.2, -0.15) is 0 Å². The van der Waals surface area contributed by atoms with Crippen molar-refractivity contribution < 1.29 is 28.7 Å². The van der Waals surface area contributed by atoms with E-state index in [2.05, 4.69) is 15.5 Å². The summed E-state index contributed by atoms with van der Waals surface area (Å²) < 4.78 is 10.7. The minimum absolute atomic E-state index is 0.117. The van der Waals surface area contributed by atoms with Crippen molar-refractivity contribution in [2.75, 3.05) is 44.2 Å². The fraction of sp³-hybridized carbons (Fsp3) is 0.630. The maximum atomic E-state index is 13.6. The van der Waals surface area contributed by atoms with Crippen LogP contribution in [0.5, 0.6) is 0 Å². The van der Waals surface area contributed by atoms with Crippen LogP contribution in [-0.4, -0.2) is 96.4 Å². The van der Waals surface area contributed by atoms with E-state index in [1.54, 1.807) is 46.4 Å². The number of hydrogen-bond acceptors (Lipinski definition) is 7. The lowest BCUT2D eigenvalue weighted by atomic mass is 10.1. The van der Waals surface area contributed by atoms with Gasteiger partial charge in [-0.25, -0.2) is 9.59 Å². The number of carbonyl (C=O) groups is 4. The van der Waals surface area contributed by atoms with Crippen LogP contribution in [0.25, 0.3) is 0 Å². The lowest BCUT2D eigenvalue weighted by molar-refractivity contribution is -0.136. The molecule has 0 radical (unpaired) electrons. The van der Waals surface area contributed by atoms with Crippen LogP contribution in [-0.2, 0) is 19.1 Å². The molecule has 1 aromatic rings. The summed E-state index contributed by atoms with van der Waals surface area (Å²) in [6.07, 6.45) is -1.07. The molecule has 2 saturated heterocycles. The van der Waals surface area contributed by atoms with Gasteiger partial charge in [0, 0.05) is 49.5 Å². The Bertz CT molecular complexity index is 1060. The number of alkyl carbamates (subject to hydrolysis) is 1. The van der Waals surface area contributed by atoms with E-state index in [0.29, 0.717) is 31.2 Å². The first-order valence-corrected chi connectivity index (χ1v) is 13.5. The second-order valence-electron chi connectivity index (χ2n) is 11.8. The van der Waals surface area contributed by atoms with Gasteiger partial charge in [-0.1, -0.05) is 17.7 Å². The smallest absolute Gasteiger partial charge is 0.411 e. The van der Waals surface area contributed by atoms with Crippen molar-refractivity contribution in [2.24, 2.45) is 0 Å². The van der Waals surface area contributed by atoms with Gasteiger partial charge < -0.3 is 29.9 Å². The first kappa shape index (κ1) is 30.3. The minimum Gasteiger partial charge on any atom is -0.444 e. The van der Waals surface area contributed by atoms with Crippen LogP contribution in [0, 0.1) is 0 Å². The molecule has 4 amide bonds. The van der Waals surface area contributed by atoms with Gasteiger partial charge in [-0.05, 0) is 66.2 Å². The Balaban J connectivity index is 1.62. The van der Waals surface area contributed by atoms with Crippen LogP contribution < -0.4 is 15.5 Å². The Morgan fingerprint density at radius 3 is 2.21 bits per heavy atom. The summed E-state index contributed by atoms with van der Waals surface area (Å²) in [4.78, 5) is 56.3.